The van der Waals surface area contributed by atoms with Crippen LogP contribution in [0.1, 0.15) is 16.1 Å². The zero-order valence-corrected chi connectivity index (χ0v) is 4.59. The predicted octanol–water partition coefficient (Wildman–Crippen LogP) is 0.290. The molecule has 0 aliphatic rings. The summed E-state index contributed by atoms with van der Waals surface area (Å²) in [5.41, 5.74) is 0.387. The van der Waals surface area contributed by atoms with Gasteiger partial charge in [0.2, 0.25) is 0 Å². The molecule has 9 heavy (non-hydrogen) atoms. The van der Waals surface area contributed by atoms with Crippen LogP contribution in [-0.2, 0) is 0 Å². The number of carboxylic acid groups (broad SMARTS) is 1. The fourth-order valence-corrected chi connectivity index (χ4v) is 0.503. The van der Waals surface area contributed by atoms with E-state index in [1.54, 1.807) is 0 Å². The summed E-state index contributed by atoms with van der Waals surface area (Å²) in [5, 5.41) is 14.3. The van der Waals surface area contributed by atoms with E-state index in [2.05, 4.69) is 17.1 Å². The van der Waals surface area contributed by atoms with Crippen molar-refractivity contribution in [3.63, 3.8) is 0 Å². The van der Waals surface area contributed by atoms with Crippen molar-refractivity contribution < 1.29 is 9.90 Å². The van der Waals surface area contributed by atoms with Gasteiger partial charge >= 0.3 is 5.97 Å². The lowest BCUT2D eigenvalue weighted by Gasteiger charge is -1.83. The Balaban J connectivity index is 3.08. The number of H-pyrrole nitrogens is 1. The Hall–Kier alpha value is -1.32. The number of hydrogen-bond acceptors (Lipinski definition) is 2. The Morgan fingerprint density at radius 1 is 1.89 bits per heavy atom. The van der Waals surface area contributed by atoms with Crippen LogP contribution in [0.25, 0.3) is 0 Å². The number of nitrogens with zero attached hydrogens (tertiary/aromatic N) is 1. The first-order valence-electron chi connectivity index (χ1n) is 2.31. The van der Waals surface area contributed by atoms with Gasteiger partial charge < -0.3 is 5.11 Å². The van der Waals surface area contributed by atoms with E-state index in [1.165, 1.54) is 6.20 Å². The molecular formula is C5H5N2O2. The number of carboxylic acids is 1. The molecule has 1 aromatic heterocycles. The molecule has 0 aliphatic heterocycles. The number of aromatic nitrogens is 2. The minimum Gasteiger partial charge on any atom is -0.478 e. The lowest BCUT2D eigenvalue weighted by Crippen LogP contribution is -1.95. The van der Waals surface area contributed by atoms with Crippen molar-refractivity contribution in [2.75, 3.05) is 0 Å². The molecule has 1 radical (unpaired) electrons. The Bertz CT molecular complexity index is 229. The molecule has 0 bridgehead atoms. The topological polar surface area (TPSA) is 66.0 Å². The fraction of sp³-hybridized carbons (Fsp3) is 0. The molecule has 0 saturated carbocycles. The summed E-state index contributed by atoms with van der Waals surface area (Å²) in [7, 11) is 0. The first kappa shape index (κ1) is 5.81. The van der Waals surface area contributed by atoms with Gasteiger partial charge in [-0.25, -0.2) is 4.79 Å². The monoisotopic (exact) mass is 125 g/mol. The Morgan fingerprint density at radius 2 is 2.56 bits per heavy atom. The summed E-state index contributed by atoms with van der Waals surface area (Å²) < 4.78 is 0. The highest BCUT2D eigenvalue weighted by Crippen LogP contribution is 2.00. The standard InChI is InChI=1S/C5H5N2O2/c1-3-4(5(8)9)2-6-7-3/h2H,1H2,(H,6,7)(H,8,9). The first-order valence-corrected chi connectivity index (χ1v) is 2.31. The van der Waals surface area contributed by atoms with Gasteiger partial charge in [-0.05, 0) is 6.92 Å². The molecule has 1 rings (SSSR count). The summed E-state index contributed by atoms with van der Waals surface area (Å²) in [6.45, 7) is 3.38. The molecule has 0 aliphatic carbocycles. The number of carbonyl (C=O) groups is 1. The van der Waals surface area contributed by atoms with E-state index in [-0.39, 0.29) is 11.3 Å². The van der Waals surface area contributed by atoms with E-state index >= 15 is 0 Å². The highest BCUT2D eigenvalue weighted by molar-refractivity contribution is 5.88. The van der Waals surface area contributed by atoms with E-state index in [0.29, 0.717) is 0 Å². The van der Waals surface area contributed by atoms with Gasteiger partial charge in [0.25, 0.3) is 0 Å². The molecule has 2 N–H and O–H groups in total. The quantitative estimate of drug-likeness (QED) is 0.566. The summed E-state index contributed by atoms with van der Waals surface area (Å²) in [6, 6.07) is 0. The zero-order chi connectivity index (χ0) is 6.85. The van der Waals surface area contributed by atoms with Crippen LogP contribution in [0.5, 0.6) is 0 Å². The van der Waals surface area contributed by atoms with Gasteiger partial charge in [0, 0.05) is 6.20 Å². The molecular weight excluding hydrogens is 120 g/mol. The van der Waals surface area contributed by atoms with Gasteiger partial charge in [-0.2, -0.15) is 5.10 Å². The number of aromatic carboxylic acids is 1. The Labute approximate surface area is 51.5 Å². The molecule has 1 aromatic rings. The lowest BCUT2D eigenvalue weighted by atomic mass is 10.3. The molecule has 1 heterocycles. The summed E-state index contributed by atoms with van der Waals surface area (Å²) in [6.07, 6.45) is 1.30. The van der Waals surface area contributed by atoms with Crippen LogP contribution in [0.2, 0.25) is 0 Å². The summed E-state index contributed by atoms with van der Waals surface area (Å²) in [5.74, 6) is -1.01. The molecule has 47 valence electrons. The van der Waals surface area contributed by atoms with Gasteiger partial charge in [-0.3, -0.25) is 5.10 Å². The number of rotatable bonds is 1. The molecule has 0 amide bonds. The molecule has 0 aromatic carbocycles. The molecule has 4 nitrogen and oxygen atoms in total. The van der Waals surface area contributed by atoms with Crippen molar-refractivity contribution in [3.8, 4) is 0 Å². The van der Waals surface area contributed by atoms with Crippen molar-refractivity contribution in [2.24, 2.45) is 0 Å². The minimum atomic E-state index is -1.01. The van der Waals surface area contributed by atoms with Gasteiger partial charge in [0.15, 0.2) is 0 Å². The van der Waals surface area contributed by atoms with E-state index in [1.807, 2.05) is 0 Å². The molecule has 4 heteroatoms. The van der Waals surface area contributed by atoms with E-state index < -0.39 is 5.97 Å². The van der Waals surface area contributed by atoms with E-state index in [0.717, 1.165) is 0 Å². The van der Waals surface area contributed by atoms with Crippen LogP contribution in [-0.4, -0.2) is 21.3 Å². The predicted molar refractivity (Wildman–Crippen MR) is 30.0 cm³/mol. The van der Waals surface area contributed by atoms with Crippen LogP contribution in [0.4, 0.5) is 0 Å². The zero-order valence-electron chi connectivity index (χ0n) is 4.59. The van der Waals surface area contributed by atoms with Crippen LogP contribution in [0.3, 0.4) is 0 Å². The summed E-state index contributed by atoms with van der Waals surface area (Å²) in [4.78, 5) is 10.2. The highest BCUT2D eigenvalue weighted by Gasteiger charge is 2.06. The maximum atomic E-state index is 10.2. The lowest BCUT2D eigenvalue weighted by molar-refractivity contribution is 0.0696. The third-order valence-corrected chi connectivity index (χ3v) is 0.950. The second-order valence-electron chi connectivity index (χ2n) is 1.55. The van der Waals surface area contributed by atoms with Crippen LogP contribution in [0.15, 0.2) is 6.20 Å². The third-order valence-electron chi connectivity index (χ3n) is 0.950. The second kappa shape index (κ2) is 1.89. The van der Waals surface area contributed by atoms with Crippen molar-refractivity contribution in [1.29, 1.82) is 0 Å². The van der Waals surface area contributed by atoms with Crippen LogP contribution >= 0.6 is 0 Å². The number of aromatic amines is 1. The fourth-order valence-electron chi connectivity index (χ4n) is 0.503. The van der Waals surface area contributed by atoms with E-state index in [9.17, 15) is 4.79 Å². The third kappa shape index (κ3) is 0.910. The van der Waals surface area contributed by atoms with Gasteiger partial charge in [0.1, 0.15) is 5.56 Å². The number of nitrogens with one attached hydrogen (secondary N) is 1. The van der Waals surface area contributed by atoms with Crippen molar-refractivity contribution in [1.82, 2.24) is 10.2 Å². The Kier molecular flexibility index (Phi) is 1.22. The summed E-state index contributed by atoms with van der Waals surface area (Å²) >= 11 is 0. The van der Waals surface area contributed by atoms with Crippen LogP contribution < -0.4 is 0 Å². The molecule has 0 unspecified atom stereocenters. The molecule has 0 spiro atoms. The Morgan fingerprint density at radius 3 is 2.78 bits per heavy atom. The van der Waals surface area contributed by atoms with Gasteiger partial charge in [0.05, 0.1) is 5.69 Å². The normalized spacial score (nSPS) is 9.44. The number of hydrogen-bond donors (Lipinski definition) is 2. The maximum absolute atomic E-state index is 10.2. The van der Waals surface area contributed by atoms with Crippen molar-refractivity contribution in [2.45, 2.75) is 0 Å². The molecule has 0 saturated heterocycles. The first-order chi connectivity index (χ1) is 4.22. The van der Waals surface area contributed by atoms with Gasteiger partial charge in [-0.15, -0.1) is 0 Å². The second-order valence-corrected chi connectivity index (χ2v) is 1.55. The SMILES string of the molecule is [CH2]c1n[nH]cc1C(=O)O. The van der Waals surface area contributed by atoms with Crippen LogP contribution in [0, 0.1) is 6.92 Å². The van der Waals surface area contributed by atoms with Crippen molar-refractivity contribution in [3.05, 3.63) is 24.4 Å². The smallest absolute Gasteiger partial charge is 0.339 e. The minimum absolute atomic E-state index is 0.120. The van der Waals surface area contributed by atoms with Gasteiger partial charge in [-0.1, -0.05) is 0 Å². The van der Waals surface area contributed by atoms with E-state index in [4.69, 9.17) is 5.11 Å². The highest BCUT2D eigenvalue weighted by atomic mass is 16.4. The van der Waals surface area contributed by atoms with Crippen molar-refractivity contribution >= 4 is 5.97 Å². The maximum Gasteiger partial charge on any atom is 0.339 e. The average Bonchev–Trinajstić information content (AvgIpc) is 2.13. The average molecular weight is 125 g/mol. The molecule has 0 atom stereocenters. The molecule has 0 fully saturated rings. The largest absolute Gasteiger partial charge is 0.478 e.